The highest BCUT2D eigenvalue weighted by atomic mass is 35.5. The number of aliphatic hydroxyl groups excluding tert-OH is 1. The number of benzene rings is 1. The zero-order chi connectivity index (χ0) is 16.1. The van der Waals surface area contributed by atoms with Crippen molar-refractivity contribution in [3.63, 3.8) is 0 Å². The fraction of sp³-hybridized carbons (Fsp3) is 0.471. The summed E-state index contributed by atoms with van der Waals surface area (Å²) in [6.07, 6.45) is 0.392. The molecule has 1 heterocycles. The second-order valence-electron chi connectivity index (χ2n) is 5.89. The van der Waals surface area contributed by atoms with Crippen molar-refractivity contribution >= 4 is 23.3 Å². The Morgan fingerprint density at radius 3 is 2.64 bits per heavy atom. The SMILES string of the molecule is CC(C)COC(=O)N1CCC(c2ccc(Cl)cc2)=C(CO)C1. The standard InChI is InChI=1S/C17H22ClNO3/c1-12(2)11-22-17(21)19-8-7-16(14(9-19)10-20)13-3-5-15(18)6-4-13/h3-6,12,20H,7-11H2,1-2H3. The van der Waals surface area contributed by atoms with Crippen LogP contribution in [-0.4, -0.2) is 42.4 Å². The molecule has 5 heteroatoms. The minimum absolute atomic E-state index is 0.0636. The molecular formula is C17H22ClNO3. The maximum Gasteiger partial charge on any atom is 0.410 e. The van der Waals surface area contributed by atoms with Gasteiger partial charge in [-0.05, 0) is 41.2 Å². The van der Waals surface area contributed by atoms with Crippen molar-refractivity contribution in [2.45, 2.75) is 20.3 Å². The lowest BCUT2D eigenvalue weighted by Crippen LogP contribution is -2.38. The maximum absolute atomic E-state index is 12.0. The summed E-state index contributed by atoms with van der Waals surface area (Å²) in [5.41, 5.74) is 2.99. The molecule has 1 aromatic rings. The molecule has 0 aromatic heterocycles. The molecule has 1 aliphatic rings. The van der Waals surface area contributed by atoms with Crippen molar-refractivity contribution in [1.29, 1.82) is 0 Å². The van der Waals surface area contributed by atoms with Gasteiger partial charge in [-0.2, -0.15) is 0 Å². The van der Waals surface area contributed by atoms with E-state index in [0.717, 1.165) is 16.7 Å². The highest BCUT2D eigenvalue weighted by Crippen LogP contribution is 2.28. The van der Waals surface area contributed by atoms with Crippen LogP contribution in [0.5, 0.6) is 0 Å². The summed E-state index contributed by atoms with van der Waals surface area (Å²) >= 11 is 5.91. The van der Waals surface area contributed by atoms with Crippen LogP contribution in [0.25, 0.3) is 5.57 Å². The molecule has 1 N–H and O–H groups in total. The van der Waals surface area contributed by atoms with Crippen LogP contribution in [0, 0.1) is 5.92 Å². The molecule has 0 atom stereocenters. The molecule has 1 amide bonds. The van der Waals surface area contributed by atoms with Crippen molar-refractivity contribution in [1.82, 2.24) is 4.90 Å². The van der Waals surface area contributed by atoms with Crippen LogP contribution >= 0.6 is 11.6 Å². The average molecular weight is 324 g/mol. The molecule has 1 aliphatic heterocycles. The first-order chi connectivity index (χ1) is 10.5. The van der Waals surface area contributed by atoms with E-state index in [0.29, 0.717) is 37.1 Å². The molecule has 4 nitrogen and oxygen atoms in total. The first-order valence-corrected chi connectivity index (χ1v) is 7.88. The summed E-state index contributed by atoms with van der Waals surface area (Å²) in [6, 6.07) is 7.56. The van der Waals surface area contributed by atoms with Crippen LogP contribution in [0.1, 0.15) is 25.8 Å². The van der Waals surface area contributed by atoms with Crippen LogP contribution < -0.4 is 0 Å². The molecule has 0 bridgehead atoms. The normalized spacial score (nSPS) is 15.4. The highest BCUT2D eigenvalue weighted by molar-refractivity contribution is 6.30. The number of rotatable bonds is 4. The minimum Gasteiger partial charge on any atom is -0.449 e. The van der Waals surface area contributed by atoms with E-state index in [9.17, 15) is 9.90 Å². The fourth-order valence-corrected chi connectivity index (χ4v) is 2.58. The van der Waals surface area contributed by atoms with E-state index >= 15 is 0 Å². The number of carbonyl (C=O) groups excluding carboxylic acids is 1. The van der Waals surface area contributed by atoms with Gasteiger partial charge in [-0.3, -0.25) is 0 Å². The Morgan fingerprint density at radius 2 is 2.05 bits per heavy atom. The second-order valence-corrected chi connectivity index (χ2v) is 6.33. The molecule has 0 fully saturated rings. The number of hydrogen-bond donors (Lipinski definition) is 1. The summed E-state index contributed by atoms with van der Waals surface area (Å²) in [5, 5.41) is 10.3. The van der Waals surface area contributed by atoms with Gasteiger partial charge in [0.25, 0.3) is 0 Å². The van der Waals surface area contributed by atoms with Gasteiger partial charge >= 0.3 is 6.09 Å². The molecule has 120 valence electrons. The molecule has 0 saturated carbocycles. The Bertz CT molecular complexity index is 552. The van der Waals surface area contributed by atoms with E-state index in [-0.39, 0.29) is 12.7 Å². The number of ether oxygens (including phenoxy) is 1. The van der Waals surface area contributed by atoms with Gasteiger partial charge in [-0.1, -0.05) is 37.6 Å². The maximum atomic E-state index is 12.0. The van der Waals surface area contributed by atoms with Crippen LogP contribution in [0.2, 0.25) is 5.02 Å². The van der Waals surface area contributed by atoms with Crippen LogP contribution in [0.4, 0.5) is 4.79 Å². The number of halogens is 1. The van der Waals surface area contributed by atoms with Gasteiger partial charge in [0.05, 0.1) is 13.2 Å². The van der Waals surface area contributed by atoms with Crippen molar-refractivity contribution in [3.8, 4) is 0 Å². The van der Waals surface area contributed by atoms with Crippen molar-refractivity contribution in [2.75, 3.05) is 26.3 Å². The summed E-state index contributed by atoms with van der Waals surface area (Å²) in [4.78, 5) is 13.7. The van der Waals surface area contributed by atoms with E-state index in [2.05, 4.69) is 0 Å². The van der Waals surface area contributed by atoms with Crippen molar-refractivity contribution < 1.29 is 14.6 Å². The molecule has 0 radical (unpaired) electrons. The van der Waals surface area contributed by atoms with Gasteiger partial charge in [-0.25, -0.2) is 4.79 Å². The third-order valence-electron chi connectivity index (χ3n) is 3.62. The third kappa shape index (κ3) is 4.24. The lowest BCUT2D eigenvalue weighted by molar-refractivity contribution is 0.0934. The van der Waals surface area contributed by atoms with Gasteiger partial charge in [0.15, 0.2) is 0 Å². The quantitative estimate of drug-likeness (QED) is 0.921. The molecule has 22 heavy (non-hydrogen) atoms. The molecule has 1 aromatic carbocycles. The monoisotopic (exact) mass is 323 g/mol. The molecule has 0 aliphatic carbocycles. The Hall–Kier alpha value is -1.52. The molecule has 0 unspecified atom stereocenters. The zero-order valence-corrected chi connectivity index (χ0v) is 13.8. The average Bonchev–Trinajstić information content (AvgIpc) is 2.52. The smallest absolute Gasteiger partial charge is 0.410 e. The zero-order valence-electron chi connectivity index (χ0n) is 13.0. The number of hydrogen-bond acceptors (Lipinski definition) is 3. The minimum atomic E-state index is -0.310. The Kier molecular flexibility index (Phi) is 5.86. The summed E-state index contributed by atoms with van der Waals surface area (Å²) in [7, 11) is 0. The molecule has 2 rings (SSSR count). The predicted octanol–water partition coefficient (Wildman–Crippen LogP) is 3.58. The van der Waals surface area contributed by atoms with E-state index in [1.807, 2.05) is 38.1 Å². The van der Waals surface area contributed by atoms with Gasteiger partial charge in [0, 0.05) is 18.1 Å². The largest absolute Gasteiger partial charge is 0.449 e. The number of carbonyl (C=O) groups is 1. The molecular weight excluding hydrogens is 302 g/mol. The van der Waals surface area contributed by atoms with Crippen LogP contribution in [-0.2, 0) is 4.74 Å². The van der Waals surface area contributed by atoms with Gasteiger partial charge < -0.3 is 14.7 Å². The van der Waals surface area contributed by atoms with Crippen molar-refractivity contribution in [3.05, 3.63) is 40.4 Å². The number of amides is 1. The van der Waals surface area contributed by atoms with E-state index in [1.54, 1.807) is 4.90 Å². The highest BCUT2D eigenvalue weighted by Gasteiger charge is 2.24. The number of nitrogens with zero attached hydrogens (tertiary/aromatic N) is 1. The lowest BCUT2D eigenvalue weighted by Gasteiger charge is -2.30. The topological polar surface area (TPSA) is 49.8 Å². The summed E-state index contributed by atoms with van der Waals surface area (Å²) < 4.78 is 5.26. The van der Waals surface area contributed by atoms with E-state index in [1.165, 1.54) is 0 Å². The Labute approximate surface area is 136 Å². The summed E-state index contributed by atoms with van der Waals surface area (Å²) in [5.74, 6) is 0.311. The first kappa shape index (κ1) is 16.8. The van der Waals surface area contributed by atoms with E-state index in [4.69, 9.17) is 16.3 Å². The van der Waals surface area contributed by atoms with Crippen molar-refractivity contribution in [2.24, 2.45) is 5.92 Å². The molecule has 0 saturated heterocycles. The summed E-state index contributed by atoms with van der Waals surface area (Å²) in [6.45, 7) is 5.36. The number of aliphatic hydroxyl groups is 1. The van der Waals surface area contributed by atoms with Crippen LogP contribution in [0.15, 0.2) is 29.8 Å². The molecule has 0 spiro atoms. The Balaban J connectivity index is 2.10. The van der Waals surface area contributed by atoms with Gasteiger partial charge in [0.2, 0.25) is 0 Å². The van der Waals surface area contributed by atoms with Gasteiger partial charge in [-0.15, -0.1) is 0 Å². The van der Waals surface area contributed by atoms with E-state index < -0.39 is 0 Å². The second kappa shape index (κ2) is 7.65. The first-order valence-electron chi connectivity index (χ1n) is 7.50. The fourth-order valence-electron chi connectivity index (χ4n) is 2.46. The van der Waals surface area contributed by atoms with Gasteiger partial charge in [0.1, 0.15) is 0 Å². The lowest BCUT2D eigenvalue weighted by atomic mass is 9.94. The van der Waals surface area contributed by atoms with Crippen LogP contribution in [0.3, 0.4) is 0 Å². The third-order valence-corrected chi connectivity index (χ3v) is 3.87. The Morgan fingerprint density at radius 1 is 1.36 bits per heavy atom. The predicted molar refractivity (Wildman–Crippen MR) is 87.8 cm³/mol.